The molecule has 10 nitrogen and oxygen atoms in total. The molecule has 1 aliphatic rings. The zero-order chi connectivity index (χ0) is 39.5. The van der Waals surface area contributed by atoms with Gasteiger partial charge in [-0.05, 0) is 64.2 Å². The highest BCUT2D eigenvalue weighted by Gasteiger charge is 2.44. The fraction of sp³-hybridized carbons (Fsp3) is 0.864. The molecule has 0 amide bonds. The van der Waals surface area contributed by atoms with Gasteiger partial charge in [0.15, 0.2) is 12.4 Å². The number of rotatable bonds is 36. The second-order valence-electron chi connectivity index (χ2n) is 15.1. The Bertz CT molecular complexity index is 938. The topological polar surface area (TPSA) is 152 Å². The molecular formula is C44H80O10. The third kappa shape index (κ3) is 26.9. The van der Waals surface area contributed by atoms with Crippen molar-refractivity contribution in [1.82, 2.24) is 0 Å². The molecule has 316 valence electrons. The smallest absolute Gasteiger partial charge is 0.306 e. The molecule has 0 aromatic carbocycles. The third-order valence-corrected chi connectivity index (χ3v) is 10.1. The van der Waals surface area contributed by atoms with Crippen LogP contribution in [0.4, 0.5) is 0 Å². The summed E-state index contributed by atoms with van der Waals surface area (Å²) in [5.41, 5.74) is 0. The summed E-state index contributed by atoms with van der Waals surface area (Å²) in [5, 5.41) is 40.0. The van der Waals surface area contributed by atoms with Crippen molar-refractivity contribution >= 4 is 11.9 Å². The molecule has 0 spiro atoms. The zero-order valence-corrected chi connectivity index (χ0v) is 34.2. The molecule has 10 heteroatoms. The van der Waals surface area contributed by atoms with E-state index in [0.29, 0.717) is 12.8 Å². The summed E-state index contributed by atoms with van der Waals surface area (Å²) >= 11 is 0. The standard InChI is InChI=1S/C44H80O10/c1-3-5-7-9-11-13-15-17-19-21-23-25-27-29-31-33-40(47)53-37(36-52-44-43(50)42(49)41(48)38(34-45)54-44)35-51-39(46)32-30-28-26-24-22-20-18-16-14-12-10-8-6-4-2/h13,15-16,18,37-38,41-45,48-50H,3-12,14,17,19-36H2,1-2H3/b15-13+,18-16+/t37-,38-,41+,42?,43?,44-/m1/s1. The first-order chi connectivity index (χ1) is 26.3. The minimum absolute atomic E-state index is 0.221. The molecule has 0 aliphatic carbocycles. The van der Waals surface area contributed by atoms with Gasteiger partial charge in [0, 0.05) is 12.8 Å². The summed E-state index contributed by atoms with van der Waals surface area (Å²) in [7, 11) is 0. The van der Waals surface area contributed by atoms with Gasteiger partial charge in [-0.25, -0.2) is 0 Å². The van der Waals surface area contributed by atoms with Crippen molar-refractivity contribution in [2.45, 2.75) is 224 Å². The Morgan fingerprint density at radius 3 is 1.46 bits per heavy atom. The Morgan fingerprint density at radius 1 is 0.556 bits per heavy atom. The molecule has 1 fully saturated rings. The highest BCUT2D eigenvalue weighted by Crippen LogP contribution is 2.22. The summed E-state index contributed by atoms with van der Waals surface area (Å²) in [5.74, 6) is -0.819. The van der Waals surface area contributed by atoms with E-state index in [2.05, 4.69) is 38.2 Å². The monoisotopic (exact) mass is 769 g/mol. The summed E-state index contributed by atoms with van der Waals surface area (Å²) in [6.07, 6.45) is 30.4. The fourth-order valence-electron chi connectivity index (χ4n) is 6.53. The van der Waals surface area contributed by atoms with Crippen molar-refractivity contribution in [2.24, 2.45) is 0 Å². The number of unbranched alkanes of at least 4 members (excludes halogenated alkanes) is 21. The SMILES string of the molecule is CCCCCC/C=C/CCCCCCCCCC(=O)O[C@H](COC(=O)CCCCCCC/C=C/CCCCCCC)CO[C@@H]1O[C@H](CO)[C@H](O)C(O)C1O. The maximum Gasteiger partial charge on any atom is 0.306 e. The molecule has 0 bridgehead atoms. The molecule has 2 unspecified atom stereocenters. The Hall–Kier alpha value is -1.82. The van der Waals surface area contributed by atoms with Crippen LogP contribution < -0.4 is 0 Å². The Labute approximate surface area is 328 Å². The quantitative estimate of drug-likeness (QED) is 0.0276. The van der Waals surface area contributed by atoms with E-state index >= 15 is 0 Å². The molecule has 0 aromatic rings. The van der Waals surface area contributed by atoms with Crippen molar-refractivity contribution < 1.29 is 49.0 Å². The van der Waals surface area contributed by atoms with Gasteiger partial charge in [-0.1, -0.05) is 134 Å². The van der Waals surface area contributed by atoms with Crippen molar-refractivity contribution in [1.29, 1.82) is 0 Å². The number of aliphatic hydroxyl groups is 4. The predicted octanol–water partition coefficient (Wildman–Crippen LogP) is 8.94. The molecule has 0 aromatic heterocycles. The first-order valence-corrected chi connectivity index (χ1v) is 21.9. The van der Waals surface area contributed by atoms with Crippen LogP contribution in [0.3, 0.4) is 0 Å². The normalized spacial score (nSPS) is 20.9. The largest absolute Gasteiger partial charge is 0.462 e. The van der Waals surface area contributed by atoms with E-state index in [4.69, 9.17) is 18.9 Å². The summed E-state index contributed by atoms with van der Waals surface area (Å²) in [6, 6.07) is 0. The highest BCUT2D eigenvalue weighted by atomic mass is 16.7. The van der Waals surface area contributed by atoms with Crippen LogP contribution in [0, 0.1) is 0 Å². The van der Waals surface area contributed by atoms with Gasteiger partial charge in [0.2, 0.25) is 0 Å². The molecule has 0 radical (unpaired) electrons. The van der Waals surface area contributed by atoms with Gasteiger partial charge in [-0.3, -0.25) is 9.59 Å². The van der Waals surface area contributed by atoms with Crippen LogP contribution in [0.25, 0.3) is 0 Å². The van der Waals surface area contributed by atoms with E-state index in [9.17, 15) is 30.0 Å². The highest BCUT2D eigenvalue weighted by molar-refractivity contribution is 5.70. The third-order valence-electron chi connectivity index (χ3n) is 10.1. The van der Waals surface area contributed by atoms with E-state index < -0.39 is 49.4 Å². The Morgan fingerprint density at radius 2 is 0.981 bits per heavy atom. The minimum Gasteiger partial charge on any atom is -0.462 e. The Balaban J connectivity index is 2.35. The van der Waals surface area contributed by atoms with Crippen LogP contribution in [0.2, 0.25) is 0 Å². The lowest BCUT2D eigenvalue weighted by atomic mass is 9.99. The van der Waals surface area contributed by atoms with Crippen molar-refractivity contribution in [3.63, 3.8) is 0 Å². The molecule has 1 heterocycles. The molecule has 54 heavy (non-hydrogen) atoms. The fourth-order valence-corrected chi connectivity index (χ4v) is 6.53. The van der Waals surface area contributed by atoms with E-state index in [0.717, 1.165) is 57.8 Å². The predicted molar refractivity (Wildman–Crippen MR) is 215 cm³/mol. The number of allylic oxidation sites excluding steroid dienone is 4. The molecule has 0 saturated carbocycles. The van der Waals surface area contributed by atoms with Crippen molar-refractivity contribution in [3.8, 4) is 0 Å². The van der Waals surface area contributed by atoms with Gasteiger partial charge in [0.1, 0.15) is 31.0 Å². The van der Waals surface area contributed by atoms with Gasteiger partial charge < -0.3 is 39.4 Å². The van der Waals surface area contributed by atoms with Crippen LogP contribution in [-0.4, -0.2) is 89.0 Å². The number of carbonyl (C=O) groups is 2. The van der Waals surface area contributed by atoms with Crippen LogP contribution in [0.1, 0.15) is 187 Å². The molecule has 1 saturated heterocycles. The van der Waals surface area contributed by atoms with Gasteiger partial charge in [-0.2, -0.15) is 0 Å². The van der Waals surface area contributed by atoms with Gasteiger partial charge in [0.05, 0.1) is 13.2 Å². The van der Waals surface area contributed by atoms with Crippen LogP contribution in [0.15, 0.2) is 24.3 Å². The van der Waals surface area contributed by atoms with Gasteiger partial charge >= 0.3 is 11.9 Å². The number of ether oxygens (including phenoxy) is 4. The average molecular weight is 769 g/mol. The van der Waals surface area contributed by atoms with Gasteiger partial charge in [0.25, 0.3) is 0 Å². The lowest BCUT2D eigenvalue weighted by Crippen LogP contribution is -2.59. The van der Waals surface area contributed by atoms with Crippen LogP contribution in [-0.2, 0) is 28.5 Å². The van der Waals surface area contributed by atoms with E-state index in [1.807, 2.05) is 0 Å². The van der Waals surface area contributed by atoms with Crippen molar-refractivity contribution in [2.75, 3.05) is 19.8 Å². The molecule has 1 aliphatic heterocycles. The number of carbonyl (C=O) groups excluding carboxylic acids is 2. The number of hydrogen-bond donors (Lipinski definition) is 4. The zero-order valence-electron chi connectivity index (χ0n) is 34.2. The second-order valence-corrected chi connectivity index (χ2v) is 15.1. The number of aliphatic hydroxyl groups excluding tert-OH is 4. The molecule has 6 atom stereocenters. The maximum absolute atomic E-state index is 12.7. The van der Waals surface area contributed by atoms with Crippen molar-refractivity contribution in [3.05, 3.63) is 24.3 Å². The minimum atomic E-state index is -1.59. The number of hydrogen-bond acceptors (Lipinski definition) is 10. The summed E-state index contributed by atoms with van der Waals surface area (Å²) in [4.78, 5) is 25.3. The number of esters is 2. The first-order valence-electron chi connectivity index (χ1n) is 21.9. The summed E-state index contributed by atoms with van der Waals surface area (Å²) in [6.45, 7) is 3.39. The average Bonchev–Trinajstić information content (AvgIpc) is 3.17. The lowest BCUT2D eigenvalue weighted by molar-refractivity contribution is -0.305. The maximum atomic E-state index is 12.7. The Kier molecular flexibility index (Phi) is 33.1. The molecule has 1 rings (SSSR count). The summed E-state index contributed by atoms with van der Waals surface area (Å²) < 4.78 is 22.1. The van der Waals surface area contributed by atoms with Crippen LogP contribution >= 0.6 is 0 Å². The first kappa shape index (κ1) is 50.2. The van der Waals surface area contributed by atoms with E-state index in [1.54, 1.807) is 0 Å². The van der Waals surface area contributed by atoms with E-state index in [1.165, 1.54) is 89.9 Å². The molecule has 4 N–H and O–H groups in total. The van der Waals surface area contributed by atoms with Crippen LogP contribution in [0.5, 0.6) is 0 Å². The van der Waals surface area contributed by atoms with E-state index in [-0.39, 0.29) is 32.0 Å². The van der Waals surface area contributed by atoms with Gasteiger partial charge in [-0.15, -0.1) is 0 Å². The lowest BCUT2D eigenvalue weighted by Gasteiger charge is -2.39. The second kappa shape index (κ2) is 35.6. The molecular weight excluding hydrogens is 688 g/mol.